The fourth-order valence-electron chi connectivity index (χ4n) is 1.24. The Hall–Kier alpha value is -1.33. The van der Waals surface area contributed by atoms with Gasteiger partial charge in [0, 0.05) is 7.05 Å². The van der Waals surface area contributed by atoms with Crippen molar-refractivity contribution in [3.63, 3.8) is 0 Å². The molecule has 0 saturated heterocycles. The molecule has 84 valence electrons. The van der Waals surface area contributed by atoms with Crippen LogP contribution in [0.1, 0.15) is 5.76 Å². The second-order valence-electron chi connectivity index (χ2n) is 3.13. The summed E-state index contributed by atoms with van der Waals surface area (Å²) in [5.74, 6) is 1.27. The van der Waals surface area contributed by atoms with E-state index in [4.69, 9.17) is 27.6 Å². The lowest BCUT2D eigenvalue weighted by Gasteiger charge is -2.16. The molecule has 2 aromatic heterocycles. The molecule has 0 unspecified atom stereocenters. The Morgan fingerprint density at radius 1 is 1.38 bits per heavy atom. The summed E-state index contributed by atoms with van der Waals surface area (Å²) >= 11 is 11.5. The molecule has 7 heteroatoms. The van der Waals surface area contributed by atoms with E-state index in [0.29, 0.717) is 12.4 Å². The number of nitrogens with zero attached hydrogens (tertiary/aromatic N) is 4. The van der Waals surface area contributed by atoms with Crippen LogP contribution in [-0.4, -0.2) is 22.2 Å². The van der Waals surface area contributed by atoms with Crippen LogP contribution >= 0.6 is 23.2 Å². The van der Waals surface area contributed by atoms with Crippen molar-refractivity contribution in [2.45, 2.75) is 6.54 Å². The average molecular weight is 259 g/mol. The van der Waals surface area contributed by atoms with E-state index in [1.165, 1.54) is 0 Å². The predicted octanol–water partition coefficient (Wildman–Crippen LogP) is 2.41. The van der Waals surface area contributed by atoms with Crippen molar-refractivity contribution in [3.8, 4) is 0 Å². The summed E-state index contributed by atoms with van der Waals surface area (Å²) in [4.78, 5) is 5.78. The van der Waals surface area contributed by atoms with Gasteiger partial charge in [0.1, 0.15) is 5.76 Å². The van der Waals surface area contributed by atoms with Crippen LogP contribution in [0, 0.1) is 0 Å². The van der Waals surface area contributed by atoms with E-state index in [2.05, 4.69) is 15.2 Å². The molecule has 0 amide bonds. The first-order valence-corrected chi connectivity index (χ1v) is 5.21. The number of anilines is 1. The Kier molecular flexibility index (Phi) is 3.26. The maximum absolute atomic E-state index is 5.86. The molecule has 0 fully saturated rings. The smallest absolute Gasteiger partial charge is 0.245 e. The molecule has 0 bridgehead atoms. The zero-order valence-corrected chi connectivity index (χ0v) is 9.90. The van der Waals surface area contributed by atoms with Crippen LogP contribution in [0.5, 0.6) is 0 Å². The van der Waals surface area contributed by atoms with Gasteiger partial charge in [0.15, 0.2) is 11.0 Å². The Balaban J connectivity index is 2.20. The molecule has 0 aliphatic rings. The van der Waals surface area contributed by atoms with E-state index in [1.54, 1.807) is 11.2 Å². The summed E-state index contributed by atoms with van der Waals surface area (Å²) in [6.07, 6.45) is 1.61. The molecule has 16 heavy (non-hydrogen) atoms. The van der Waals surface area contributed by atoms with Gasteiger partial charge in [-0.3, -0.25) is 0 Å². The maximum atomic E-state index is 5.86. The SMILES string of the molecule is CN(Cc1ccco1)c1nc(Cl)nnc1Cl. The summed E-state index contributed by atoms with van der Waals surface area (Å²) in [6, 6.07) is 3.68. The van der Waals surface area contributed by atoms with Crippen LogP contribution in [0.4, 0.5) is 5.82 Å². The van der Waals surface area contributed by atoms with E-state index < -0.39 is 0 Å². The third-order valence-corrected chi connectivity index (χ3v) is 2.34. The highest BCUT2D eigenvalue weighted by Gasteiger charge is 2.12. The van der Waals surface area contributed by atoms with Crippen LogP contribution in [0.2, 0.25) is 10.4 Å². The lowest BCUT2D eigenvalue weighted by molar-refractivity contribution is 0.506. The molecule has 2 rings (SSSR count). The molecule has 0 aliphatic carbocycles. The Morgan fingerprint density at radius 2 is 2.19 bits per heavy atom. The van der Waals surface area contributed by atoms with Crippen molar-refractivity contribution in [2.75, 3.05) is 11.9 Å². The number of aromatic nitrogens is 3. The maximum Gasteiger partial charge on any atom is 0.245 e. The average Bonchev–Trinajstić information content (AvgIpc) is 2.74. The molecule has 0 spiro atoms. The quantitative estimate of drug-likeness (QED) is 0.847. The fraction of sp³-hybridized carbons (Fsp3) is 0.222. The number of rotatable bonds is 3. The van der Waals surface area contributed by atoms with Crippen molar-refractivity contribution in [1.82, 2.24) is 15.2 Å². The highest BCUT2D eigenvalue weighted by molar-refractivity contribution is 6.32. The van der Waals surface area contributed by atoms with Gasteiger partial charge in [0.05, 0.1) is 12.8 Å². The summed E-state index contributed by atoms with van der Waals surface area (Å²) in [7, 11) is 1.81. The highest BCUT2D eigenvalue weighted by Crippen LogP contribution is 2.21. The van der Waals surface area contributed by atoms with E-state index in [9.17, 15) is 0 Å². The first-order valence-electron chi connectivity index (χ1n) is 4.46. The van der Waals surface area contributed by atoms with Crippen LogP contribution in [0.15, 0.2) is 22.8 Å². The zero-order valence-electron chi connectivity index (χ0n) is 8.39. The van der Waals surface area contributed by atoms with Gasteiger partial charge in [-0.05, 0) is 23.7 Å². The summed E-state index contributed by atoms with van der Waals surface area (Å²) in [5.41, 5.74) is 0. The molecule has 0 aromatic carbocycles. The van der Waals surface area contributed by atoms with Crippen LogP contribution in [-0.2, 0) is 6.54 Å². The molecule has 2 heterocycles. The van der Waals surface area contributed by atoms with Gasteiger partial charge in [-0.1, -0.05) is 11.6 Å². The number of furan rings is 1. The van der Waals surface area contributed by atoms with Gasteiger partial charge in [-0.25, -0.2) is 0 Å². The third kappa shape index (κ3) is 2.43. The zero-order chi connectivity index (χ0) is 11.5. The second-order valence-corrected chi connectivity index (χ2v) is 3.83. The first-order chi connectivity index (χ1) is 7.66. The first kappa shape index (κ1) is 11.2. The van der Waals surface area contributed by atoms with E-state index in [-0.39, 0.29) is 10.4 Å². The van der Waals surface area contributed by atoms with E-state index in [1.807, 2.05) is 19.2 Å². The van der Waals surface area contributed by atoms with Gasteiger partial charge >= 0.3 is 0 Å². The fourth-order valence-corrected chi connectivity index (χ4v) is 1.58. The molecule has 0 saturated carbocycles. The highest BCUT2D eigenvalue weighted by atomic mass is 35.5. The molecular weight excluding hydrogens is 251 g/mol. The van der Waals surface area contributed by atoms with Crippen molar-refractivity contribution < 1.29 is 4.42 Å². The molecule has 0 aliphatic heterocycles. The normalized spacial score (nSPS) is 10.4. The topological polar surface area (TPSA) is 55.1 Å². The summed E-state index contributed by atoms with van der Waals surface area (Å²) in [6.45, 7) is 0.530. The third-order valence-electron chi connectivity index (χ3n) is 1.94. The molecule has 0 atom stereocenters. The van der Waals surface area contributed by atoms with E-state index in [0.717, 1.165) is 5.76 Å². The minimum atomic E-state index is 0.0608. The van der Waals surface area contributed by atoms with Crippen LogP contribution in [0.3, 0.4) is 0 Å². The Bertz CT molecular complexity index is 474. The van der Waals surface area contributed by atoms with Crippen molar-refractivity contribution in [2.24, 2.45) is 0 Å². The lowest BCUT2D eigenvalue weighted by Crippen LogP contribution is -2.18. The molecule has 0 radical (unpaired) electrons. The summed E-state index contributed by atoms with van der Waals surface area (Å²) < 4.78 is 5.21. The number of hydrogen-bond donors (Lipinski definition) is 0. The molecule has 5 nitrogen and oxygen atoms in total. The van der Waals surface area contributed by atoms with Gasteiger partial charge < -0.3 is 9.32 Å². The standard InChI is InChI=1S/C9H8Cl2N4O/c1-15(5-6-3-2-4-16-6)8-7(10)13-14-9(11)12-8/h2-4H,5H2,1H3. The second kappa shape index (κ2) is 4.67. The largest absolute Gasteiger partial charge is 0.467 e. The molecule has 0 N–H and O–H groups in total. The van der Waals surface area contributed by atoms with Crippen LogP contribution in [0.25, 0.3) is 0 Å². The minimum Gasteiger partial charge on any atom is -0.467 e. The predicted molar refractivity (Wildman–Crippen MR) is 60.7 cm³/mol. The monoisotopic (exact) mass is 258 g/mol. The van der Waals surface area contributed by atoms with Crippen LogP contribution < -0.4 is 4.90 Å². The molecular formula is C9H8Cl2N4O. The lowest BCUT2D eigenvalue weighted by atomic mass is 10.4. The Morgan fingerprint density at radius 3 is 2.88 bits per heavy atom. The molecule has 2 aromatic rings. The van der Waals surface area contributed by atoms with Gasteiger partial charge in [-0.2, -0.15) is 4.98 Å². The Labute approximate surface area is 102 Å². The number of halogens is 2. The van der Waals surface area contributed by atoms with Crippen molar-refractivity contribution in [1.29, 1.82) is 0 Å². The number of hydrogen-bond acceptors (Lipinski definition) is 5. The van der Waals surface area contributed by atoms with E-state index >= 15 is 0 Å². The summed E-state index contributed by atoms with van der Waals surface area (Å²) in [5, 5.41) is 7.49. The van der Waals surface area contributed by atoms with Gasteiger partial charge in [0.2, 0.25) is 5.28 Å². The van der Waals surface area contributed by atoms with Gasteiger partial charge in [0.25, 0.3) is 0 Å². The van der Waals surface area contributed by atoms with Crippen molar-refractivity contribution in [3.05, 3.63) is 34.6 Å². The van der Waals surface area contributed by atoms with Gasteiger partial charge in [-0.15, -0.1) is 10.2 Å². The van der Waals surface area contributed by atoms with Crippen molar-refractivity contribution >= 4 is 29.0 Å². The minimum absolute atomic E-state index is 0.0608.